The van der Waals surface area contributed by atoms with Crippen molar-refractivity contribution in [2.75, 3.05) is 13.6 Å². The number of imidazole rings is 1. The molecule has 2 aromatic heterocycles. The summed E-state index contributed by atoms with van der Waals surface area (Å²) < 4.78 is 15.7. The van der Waals surface area contributed by atoms with Crippen LogP contribution in [0.25, 0.3) is 27.4 Å². The molecule has 0 saturated carbocycles. The summed E-state index contributed by atoms with van der Waals surface area (Å²) in [5, 5.41) is 11.5. The van der Waals surface area contributed by atoms with Gasteiger partial charge in [-0.25, -0.2) is 9.37 Å². The summed E-state index contributed by atoms with van der Waals surface area (Å²) in [6, 6.07) is 8.07. The number of nitrogens with one attached hydrogen (secondary N) is 1. The first-order chi connectivity index (χ1) is 13.9. The molecule has 2 atom stereocenters. The maximum atomic E-state index is 14.0. The van der Waals surface area contributed by atoms with Gasteiger partial charge in [0.2, 0.25) is 0 Å². The Morgan fingerprint density at radius 3 is 2.70 bits per heavy atom. The average molecular weight is 631 g/mol. The first-order valence-corrected chi connectivity index (χ1v) is 9.82. The summed E-state index contributed by atoms with van der Waals surface area (Å²) in [5.74, 6) is -0.565. The number of benzene rings is 1. The van der Waals surface area contributed by atoms with Crippen molar-refractivity contribution in [3.05, 3.63) is 64.4 Å². The summed E-state index contributed by atoms with van der Waals surface area (Å²) >= 11 is 0. The Bertz CT molecular complexity index is 1070. The number of piperidine rings is 1. The summed E-state index contributed by atoms with van der Waals surface area (Å²) in [5.41, 5.74) is 3.91. The van der Waals surface area contributed by atoms with E-state index < -0.39 is 0 Å². The predicted octanol–water partition coefficient (Wildman–Crippen LogP) is 4.74. The van der Waals surface area contributed by atoms with Crippen LogP contribution in [0.4, 0.5) is 10.1 Å². The van der Waals surface area contributed by atoms with Crippen LogP contribution in [0.3, 0.4) is 0 Å². The Hall–Kier alpha value is -1.72. The Kier molecular flexibility index (Phi) is 7.35. The molecule has 2 unspecified atom stereocenters. The topological polar surface area (TPSA) is 74.6 Å². The molecule has 1 aromatic carbocycles. The number of halogens is 1. The molecule has 1 amide bonds. The minimum Gasteiger partial charge on any atom is -0.662 e. The molecular weight excluding hydrogens is 607 g/mol. The number of pyridine rings is 1. The van der Waals surface area contributed by atoms with E-state index in [9.17, 15) is 9.18 Å². The van der Waals surface area contributed by atoms with Gasteiger partial charge in [0.1, 0.15) is 0 Å². The van der Waals surface area contributed by atoms with Crippen LogP contribution in [0, 0.1) is 43.9 Å². The Morgan fingerprint density at radius 2 is 2.07 bits per heavy atom. The first kappa shape index (κ1) is 23.0. The van der Waals surface area contributed by atoms with Crippen LogP contribution in [-0.2, 0) is 0 Å². The molecule has 8 heteroatoms. The molecule has 1 fully saturated rings. The molecule has 30 heavy (non-hydrogen) atoms. The van der Waals surface area contributed by atoms with Crippen LogP contribution in [0.15, 0.2) is 36.7 Å². The third kappa shape index (κ3) is 4.78. The van der Waals surface area contributed by atoms with Crippen LogP contribution >= 0.6 is 0 Å². The third-order valence-corrected chi connectivity index (χ3v) is 5.37. The van der Waals surface area contributed by atoms with E-state index in [0.717, 1.165) is 23.4 Å². The molecule has 0 radical (unpaired) electrons. The maximum Gasteiger partial charge on any atom is 2.00 e. The second-order valence-corrected chi connectivity index (χ2v) is 7.63. The van der Waals surface area contributed by atoms with Crippen LogP contribution in [-0.4, -0.2) is 41.0 Å². The van der Waals surface area contributed by atoms with E-state index in [1.165, 1.54) is 18.9 Å². The van der Waals surface area contributed by atoms with Crippen LogP contribution in [0.5, 0.6) is 0 Å². The van der Waals surface area contributed by atoms with Crippen molar-refractivity contribution >= 4 is 17.2 Å². The smallest absolute Gasteiger partial charge is 0.662 e. The van der Waals surface area contributed by atoms with Crippen molar-refractivity contribution in [2.24, 2.45) is 0 Å². The van der Waals surface area contributed by atoms with E-state index in [0.29, 0.717) is 29.0 Å². The number of hydrogen-bond donors (Lipinski definition) is 1. The molecule has 154 valence electrons. The van der Waals surface area contributed by atoms with Crippen molar-refractivity contribution < 1.29 is 40.3 Å². The van der Waals surface area contributed by atoms with E-state index in [1.54, 1.807) is 28.8 Å². The molecule has 4 heterocycles. The molecule has 2 aliphatic rings. The van der Waals surface area contributed by atoms with Gasteiger partial charge in [0.05, 0.1) is 11.6 Å². The standard InChI is InChI=1S/C15H10FN3O.C7H15N2.U/c1-8-6-19-7-10(4-12(16)14(19)17-8)9-2-3-11-13(5-9)18-15(11)20;1-6-5-7(8-2)3-4-9-6;/h2-7H,1H3,(H,18,20);6-7,9H,3-5H2,1-2H3;/q;-1;+2/p-1. The fraction of sp³-hybridized carbons (Fsp3) is 0.364. The van der Waals surface area contributed by atoms with Gasteiger partial charge in [0.25, 0.3) is 0 Å². The van der Waals surface area contributed by atoms with Crippen molar-refractivity contribution in [1.82, 2.24) is 14.7 Å². The SMILES string of the molecule is C[N-]C1CCNC(C)C1.Cc1cn2cc(-c3ccc4c(c3)[N-]C4=O)cc(F)c2n1.[U+2]. The van der Waals surface area contributed by atoms with Crippen molar-refractivity contribution in [3.63, 3.8) is 0 Å². The largest absolute Gasteiger partial charge is 2.00 e. The van der Waals surface area contributed by atoms with Gasteiger partial charge in [0.15, 0.2) is 11.5 Å². The molecule has 2 aliphatic heterocycles. The van der Waals surface area contributed by atoms with Crippen molar-refractivity contribution in [3.8, 4) is 11.1 Å². The van der Waals surface area contributed by atoms with Gasteiger partial charge < -0.3 is 25.1 Å². The first-order valence-electron chi connectivity index (χ1n) is 9.82. The van der Waals surface area contributed by atoms with Gasteiger partial charge in [-0.3, -0.25) is 0 Å². The molecule has 1 saturated heterocycles. The van der Waals surface area contributed by atoms with Gasteiger partial charge in [-0.05, 0) is 37.6 Å². The number of carbonyl (C=O) groups excluding carboxylic acids is 1. The van der Waals surface area contributed by atoms with Gasteiger partial charge in [-0.1, -0.05) is 31.0 Å². The maximum absolute atomic E-state index is 14.0. The quantitative estimate of drug-likeness (QED) is 0.445. The predicted molar refractivity (Wildman–Crippen MR) is 112 cm³/mol. The molecule has 0 bridgehead atoms. The summed E-state index contributed by atoms with van der Waals surface area (Å²) in [7, 11) is 1.92. The van der Waals surface area contributed by atoms with Crippen molar-refractivity contribution in [2.45, 2.75) is 38.8 Å². The zero-order valence-corrected chi connectivity index (χ0v) is 21.5. The van der Waals surface area contributed by atoms with E-state index in [2.05, 4.69) is 27.9 Å². The Balaban J connectivity index is 0.000000218. The van der Waals surface area contributed by atoms with E-state index >= 15 is 0 Å². The van der Waals surface area contributed by atoms with Gasteiger partial charge in [-0.15, -0.1) is 11.7 Å². The van der Waals surface area contributed by atoms with E-state index in [-0.39, 0.29) is 42.8 Å². The summed E-state index contributed by atoms with van der Waals surface area (Å²) in [6.45, 7) is 5.18. The molecule has 0 spiro atoms. The zero-order valence-electron chi connectivity index (χ0n) is 17.3. The zero-order chi connectivity index (χ0) is 20.5. The minimum absolute atomic E-state index is 0. The van der Waals surface area contributed by atoms with Gasteiger partial charge >= 0.3 is 31.1 Å². The van der Waals surface area contributed by atoms with Gasteiger partial charge in [0, 0.05) is 24.0 Å². The van der Waals surface area contributed by atoms with Crippen molar-refractivity contribution in [1.29, 1.82) is 0 Å². The monoisotopic (exact) mass is 631 g/mol. The van der Waals surface area contributed by atoms with Crippen LogP contribution < -0.4 is 5.32 Å². The molecule has 6 nitrogen and oxygen atoms in total. The fourth-order valence-electron chi connectivity index (χ4n) is 3.78. The number of amides is 1. The van der Waals surface area contributed by atoms with E-state index in [4.69, 9.17) is 0 Å². The number of fused-ring (bicyclic) bond motifs is 2. The second kappa shape index (κ2) is 9.61. The number of aryl methyl sites for hydroxylation is 1. The van der Waals surface area contributed by atoms with Crippen LogP contribution in [0.2, 0.25) is 0 Å². The number of rotatable bonds is 2. The van der Waals surface area contributed by atoms with Crippen LogP contribution in [0.1, 0.15) is 35.8 Å². The number of carbonyl (C=O) groups is 1. The Labute approximate surface area is 199 Å². The second-order valence-electron chi connectivity index (χ2n) is 7.63. The van der Waals surface area contributed by atoms with Gasteiger partial charge in [-0.2, -0.15) is 7.05 Å². The minimum atomic E-state index is -0.369. The molecule has 0 aliphatic carbocycles. The molecule has 5 rings (SSSR count). The third-order valence-electron chi connectivity index (χ3n) is 5.37. The summed E-state index contributed by atoms with van der Waals surface area (Å²) in [6.07, 6.45) is 6.04. The van der Waals surface area contributed by atoms with E-state index in [1.807, 2.05) is 20.2 Å². The molecular formula is C22H24FN5OU. The molecule has 1 N–H and O–H groups in total. The molecule has 3 aromatic rings. The number of nitrogens with zero attached hydrogens (tertiary/aromatic N) is 4. The number of hydrogen-bond acceptors (Lipinski definition) is 3. The summed E-state index contributed by atoms with van der Waals surface area (Å²) in [4.78, 5) is 15.3. The fourth-order valence-corrected chi connectivity index (χ4v) is 3.78. The average Bonchev–Trinajstić information content (AvgIpc) is 3.08. The Morgan fingerprint density at radius 1 is 1.27 bits per heavy atom. The number of aromatic nitrogens is 2. The normalized spacial score (nSPS) is 19.7.